The standard InChI is InChI=1S/C10H13F3O3/c11-10(12,13)9(15)6-7(14)8(16-9)4-2-1-3-5-8/h15H,1-6H2. The van der Waals surface area contributed by atoms with E-state index in [-0.39, 0.29) is 12.8 Å². The Bertz CT molecular complexity index is 307. The van der Waals surface area contributed by atoms with Gasteiger partial charge in [0.1, 0.15) is 5.60 Å². The molecular formula is C10H13F3O3. The maximum atomic E-state index is 12.5. The van der Waals surface area contributed by atoms with Crippen LogP contribution >= 0.6 is 0 Å². The van der Waals surface area contributed by atoms with Crippen molar-refractivity contribution in [1.29, 1.82) is 0 Å². The number of alkyl halides is 3. The summed E-state index contributed by atoms with van der Waals surface area (Å²) in [5.74, 6) is -3.89. The average molecular weight is 238 g/mol. The zero-order valence-electron chi connectivity index (χ0n) is 8.64. The SMILES string of the molecule is O=C1CC(O)(C(F)(F)F)OC12CCCCC2. The minimum Gasteiger partial charge on any atom is -0.358 e. The second kappa shape index (κ2) is 3.43. The number of ketones is 1. The second-order valence-corrected chi connectivity index (χ2v) is 4.54. The minimum absolute atomic E-state index is 0.282. The van der Waals surface area contributed by atoms with Crippen molar-refractivity contribution in [3.8, 4) is 0 Å². The average Bonchev–Trinajstić information content (AvgIpc) is 2.40. The van der Waals surface area contributed by atoms with E-state index >= 15 is 0 Å². The molecule has 2 rings (SSSR count). The molecule has 0 bridgehead atoms. The maximum absolute atomic E-state index is 12.5. The lowest BCUT2D eigenvalue weighted by molar-refractivity contribution is -0.370. The highest BCUT2D eigenvalue weighted by molar-refractivity contribution is 5.90. The molecule has 2 fully saturated rings. The summed E-state index contributed by atoms with van der Waals surface area (Å²) in [6.45, 7) is 0. The summed E-state index contributed by atoms with van der Waals surface area (Å²) >= 11 is 0. The lowest BCUT2D eigenvalue weighted by Gasteiger charge is -2.34. The maximum Gasteiger partial charge on any atom is 0.443 e. The van der Waals surface area contributed by atoms with Crippen LogP contribution in [0.25, 0.3) is 0 Å². The molecule has 92 valence electrons. The first-order chi connectivity index (χ1) is 7.29. The third-order valence-corrected chi connectivity index (χ3v) is 3.38. The molecule has 0 aromatic heterocycles. The van der Waals surface area contributed by atoms with E-state index in [9.17, 15) is 23.1 Å². The van der Waals surface area contributed by atoms with Crippen molar-refractivity contribution in [2.24, 2.45) is 0 Å². The number of halogens is 3. The van der Waals surface area contributed by atoms with Gasteiger partial charge < -0.3 is 9.84 Å². The topological polar surface area (TPSA) is 46.5 Å². The Morgan fingerprint density at radius 2 is 1.75 bits per heavy atom. The Morgan fingerprint density at radius 1 is 1.19 bits per heavy atom. The Morgan fingerprint density at radius 3 is 2.19 bits per heavy atom. The number of hydrogen-bond donors (Lipinski definition) is 1. The highest BCUT2D eigenvalue weighted by atomic mass is 19.4. The molecule has 1 unspecified atom stereocenters. The predicted molar refractivity (Wildman–Crippen MR) is 47.5 cm³/mol. The van der Waals surface area contributed by atoms with Gasteiger partial charge in [0, 0.05) is 0 Å². The van der Waals surface area contributed by atoms with Gasteiger partial charge in [0.25, 0.3) is 5.79 Å². The van der Waals surface area contributed by atoms with Crippen LogP contribution in [0, 0.1) is 0 Å². The van der Waals surface area contributed by atoms with E-state index in [0.29, 0.717) is 12.8 Å². The molecule has 1 saturated carbocycles. The van der Waals surface area contributed by atoms with Crippen molar-refractivity contribution < 1.29 is 27.8 Å². The van der Waals surface area contributed by atoms with Gasteiger partial charge >= 0.3 is 6.18 Å². The molecule has 16 heavy (non-hydrogen) atoms. The summed E-state index contributed by atoms with van der Waals surface area (Å²) in [6.07, 6.45) is -3.10. The van der Waals surface area contributed by atoms with Crippen molar-refractivity contribution in [1.82, 2.24) is 0 Å². The molecule has 2 aliphatic rings. The third-order valence-electron chi connectivity index (χ3n) is 3.38. The van der Waals surface area contributed by atoms with Gasteiger partial charge in [0.05, 0.1) is 6.42 Å². The molecule has 1 aliphatic heterocycles. The fourth-order valence-electron chi connectivity index (χ4n) is 2.46. The van der Waals surface area contributed by atoms with Crippen LogP contribution in [0.3, 0.4) is 0 Å². The van der Waals surface area contributed by atoms with Crippen LogP contribution in [-0.4, -0.2) is 28.5 Å². The lowest BCUT2D eigenvalue weighted by Crippen LogP contribution is -2.47. The molecule has 3 nitrogen and oxygen atoms in total. The lowest BCUT2D eigenvalue weighted by atomic mass is 9.82. The summed E-state index contributed by atoms with van der Waals surface area (Å²) in [6, 6.07) is 0. The number of carbonyl (C=O) groups excluding carboxylic acids is 1. The molecule has 1 saturated heterocycles. The van der Waals surface area contributed by atoms with Gasteiger partial charge in [-0.2, -0.15) is 13.2 Å². The largest absolute Gasteiger partial charge is 0.443 e. The summed E-state index contributed by atoms with van der Waals surface area (Å²) in [5.41, 5.74) is -1.39. The number of aliphatic hydroxyl groups is 1. The van der Waals surface area contributed by atoms with Gasteiger partial charge in [-0.15, -0.1) is 0 Å². The van der Waals surface area contributed by atoms with Crippen molar-refractivity contribution in [3.05, 3.63) is 0 Å². The Labute approximate surface area is 90.6 Å². The first kappa shape index (κ1) is 11.9. The molecule has 1 N–H and O–H groups in total. The summed E-state index contributed by atoms with van der Waals surface area (Å²) < 4.78 is 42.3. The zero-order valence-corrected chi connectivity index (χ0v) is 8.64. The smallest absolute Gasteiger partial charge is 0.358 e. The van der Waals surface area contributed by atoms with Crippen LogP contribution in [-0.2, 0) is 9.53 Å². The fourth-order valence-corrected chi connectivity index (χ4v) is 2.46. The molecule has 0 amide bonds. The Hall–Kier alpha value is -0.620. The second-order valence-electron chi connectivity index (χ2n) is 4.54. The quantitative estimate of drug-likeness (QED) is 0.701. The first-order valence-corrected chi connectivity index (χ1v) is 5.32. The van der Waals surface area contributed by atoms with Gasteiger partial charge in [-0.25, -0.2) is 0 Å². The van der Waals surface area contributed by atoms with Gasteiger partial charge in [0.15, 0.2) is 5.78 Å². The van der Waals surface area contributed by atoms with E-state index in [4.69, 9.17) is 4.74 Å². The minimum atomic E-state index is -4.91. The van der Waals surface area contributed by atoms with E-state index in [1.165, 1.54) is 0 Å². The van der Waals surface area contributed by atoms with Gasteiger partial charge in [-0.3, -0.25) is 4.79 Å². The van der Waals surface area contributed by atoms with Crippen LogP contribution in [0.4, 0.5) is 13.2 Å². The molecule has 1 aliphatic carbocycles. The number of rotatable bonds is 0. The van der Waals surface area contributed by atoms with E-state index in [0.717, 1.165) is 6.42 Å². The van der Waals surface area contributed by atoms with Crippen LogP contribution < -0.4 is 0 Å². The highest BCUT2D eigenvalue weighted by Crippen LogP contribution is 2.48. The molecule has 1 atom stereocenters. The van der Waals surface area contributed by atoms with E-state index < -0.39 is 29.8 Å². The summed E-state index contributed by atoms with van der Waals surface area (Å²) in [7, 11) is 0. The monoisotopic (exact) mass is 238 g/mol. The fraction of sp³-hybridized carbons (Fsp3) is 0.900. The Kier molecular flexibility index (Phi) is 2.54. The van der Waals surface area contributed by atoms with E-state index in [1.807, 2.05) is 0 Å². The molecule has 0 aromatic carbocycles. The molecule has 0 radical (unpaired) electrons. The van der Waals surface area contributed by atoms with Crippen LogP contribution in [0.2, 0.25) is 0 Å². The van der Waals surface area contributed by atoms with Crippen molar-refractivity contribution in [2.75, 3.05) is 0 Å². The van der Waals surface area contributed by atoms with Crippen molar-refractivity contribution in [3.63, 3.8) is 0 Å². The van der Waals surface area contributed by atoms with Crippen LogP contribution in [0.1, 0.15) is 38.5 Å². The summed E-state index contributed by atoms with van der Waals surface area (Å²) in [5, 5.41) is 9.35. The Balaban J connectivity index is 2.24. The van der Waals surface area contributed by atoms with Gasteiger partial charge in [-0.05, 0) is 12.8 Å². The summed E-state index contributed by atoms with van der Waals surface area (Å²) in [4.78, 5) is 11.6. The van der Waals surface area contributed by atoms with Crippen molar-refractivity contribution >= 4 is 5.78 Å². The number of Topliss-reactive ketones (excluding diaryl/α,β-unsaturated/α-hetero) is 1. The van der Waals surface area contributed by atoms with Gasteiger partial charge in [0.2, 0.25) is 0 Å². The van der Waals surface area contributed by atoms with Crippen LogP contribution in [0.5, 0.6) is 0 Å². The van der Waals surface area contributed by atoms with E-state index in [1.54, 1.807) is 0 Å². The first-order valence-electron chi connectivity index (χ1n) is 5.32. The van der Waals surface area contributed by atoms with Gasteiger partial charge in [-0.1, -0.05) is 19.3 Å². The molecular weight excluding hydrogens is 225 g/mol. The third kappa shape index (κ3) is 1.64. The van der Waals surface area contributed by atoms with Crippen molar-refractivity contribution in [2.45, 2.75) is 56.1 Å². The normalized spacial score (nSPS) is 34.6. The highest BCUT2D eigenvalue weighted by Gasteiger charge is 2.66. The number of carbonyl (C=O) groups is 1. The molecule has 0 aromatic rings. The van der Waals surface area contributed by atoms with E-state index in [2.05, 4.69) is 0 Å². The molecule has 6 heteroatoms. The number of ether oxygens (including phenoxy) is 1. The molecule has 1 spiro atoms. The zero-order chi connectivity index (χ0) is 12.0. The predicted octanol–water partition coefficient (Wildman–Crippen LogP) is 1.93. The number of hydrogen-bond acceptors (Lipinski definition) is 3. The molecule has 1 heterocycles. The van der Waals surface area contributed by atoms with Crippen LogP contribution in [0.15, 0.2) is 0 Å².